The minimum absolute atomic E-state index is 0.0434. The highest BCUT2D eigenvalue weighted by molar-refractivity contribution is 5.83. The Morgan fingerprint density at radius 3 is 1.46 bits per heavy atom. The molecule has 260 valence electrons. The summed E-state index contributed by atoms with van der Waals surface area (Å²) in [6, 6.07) is 46.0. The molecule has 1 aliphatic rings. The molecule has 0 spiro atoms. The summed E-state index contributed by atoms with van der Waals surface area (Å²) in [5.74, 6) is 0.402. The van der Waals surface area contributed by atoms with Crippen LogP contribution in [0.4, 0.5) is 17.1 Å². The van der Waals surface area contributed by atoms with E-state index in [4.69, 9.17) is 0 Å². The summed E-state index contributed by atoms with van der Waals surface area (Å²) in [6.07, 6.45) is 16.9. The van der Waals surface area contributed by atoms with Crippen LogP contribution in [0.2, 0.25) is 0 Å². The molecule has 0 saturated carbocycles. The van der Waals surface area contributed by atoms with Crippen molar-refractivity contribution in [1.29, 1.82) is 0 Å². The third-order valence-electron chi connectivity index (χ3n) is 11.3. The highest BCUT2D eigenvalue weighted by atomic mass is 15.1. The molecule has 0 heterocycles. The predicted octanol–water partition coefficient (Wildman–Crippen LogP) is 14.9. The number of benzene rings is 5. The summed E-state index contributed by atoms with van der Waals surface area (Å²) in [6.45, 7) is 9.23. The van der Waals surface area contributed by atoms with Gasteiger partial charge >= 0.3 is 0 Å². The van der Waals surface area contributed by atoms with E-state index in [1.54, 1.807) is 11.1 Å². The minimum atomic E-state index is -0.0434. The second-order valence-electron chi connectivity index (χ2n) is 14.9. The maximum atomic E-state index is 2.56. The van der Waals surface area contributed by atoms with Crippen molar-refractivity contribution in [2.24, 2.45) is 0 Å². The first-order chi connectivity index (χ1) is 24.6. The van der Waals surface area contributed by atoms with Gasteiger partial charge in [-0.3, -0.25) is 0 Å². The van der Waals surface area contributed by atoms with Crippen LogP contribution in [0.5, 0.6) is 0 Å². The van der Waals surface area contributed by atoms with E-state index >= 15 is 0 Å². The quantitative estimate of drug-likeness (QED) is 0.0845. The number of unbranched alkanes of at least 4 members (excludes halogenated alkanes) is 9. The van der Waals surface area contributed by atoms with E-state index in [2.05, 4.69) is 154 Å². The van der Waals surface area contributed by atoms with E-state index in [1.165, 1.54) is 128 Å². The molecule has 1 heteroatoms. The normalized spacial score (nSPS) is 13.5. The molecule has 0 saturated heterocycles. The number of fused-ring (bicyclic) bond motifs is 3. The maximum absolute atomic E-state index is 2.56. The molecule has 0 aromatic heterocycles. The van der Waals surface area contributed by atoms with Crippen LogP contribution in [0.15, 0.2) is 121 Å². The Hall–Kier alpha value is -4.10. The van der Waals surface area contributed by atoms with E-state index in [0.29, 0.717) is 5.92 Å². The highest BCUT2D eigenvalue weighted by Crippen LogP contribution is 2.60. The molecule has 5 aromatic rings. The van der Waals surface area contributed by atoms with Gasteiger partial charge in [-0.05, 0) is 96.8 Å². The van der Waals surface area contributed by atoms with Crippen molar-refractivity contribution < 1.29 is 0 Å². The zero-order valence-electron chi connectivity index (χ0n) is 31.3. The molecule has 0 radical (unpaired) electrons. The molecule has 50 heavy (non-hydrogen) atoms. The van der Waals surface area contributed by atoms with E-state index in [9.17, 15) is 0 Å². The van der Waals surface area contributed by atoms with Crippen LogP contribution in [0.25, 0.3) is 11.1 Å². The zero-order chi connectivity index (χ0) is 34.8. The fourth-order valence-corrected chi connectivity index (χ4v) is 8.78. The molecule has 5 aromatic carbocycles. The Morgan fingerprint density at radius 1 is 0.480 bits per heavy atom. The Bertz CT molecular complexity index is 1680. The van der Waals surface area contributed by atoms with E-state index in [1.807, 2.05) is 0 Å². The summed E-state index contributed by atoms with van der Waals surface area (Å²) in [4.78, 5) is 2.39. The first-order valence-electron chi connectivity index (χ1n) is 19.8. The molecule has 0 aliphatic heterocycles. The van der Waals surface area contributed by atoms with Crippen LogP contribution in [-0.2, 0) is 5.41 Å². The van der Waals surface area contributed by atoms with Gasteiger partial charge in [-0.25, -0.2) is 0 Å². The lowest BCUT2D eigenvalue weighted by atomic mass is 9.61. The Kier molecular flexibility index (Phi) is 12.3. The van der Waals surface area contributed by atoms with Gasteiger partial charge in [0.15, 0.2) is 0 Å². The van der Waals surface area contributed by atoms with Gasteiger partial charge in [0.25, 0.3) is 0 Å². The lowest BCUT2D eigenvalue weighted by Crippen LogP contribution is -2.34. The van der Waals surface area contributed by atoms with Crippen LogP contribution in [0.3, 0.4) is 0 Å². The number of hydrogen-bond donors (Lipinski definition) is 0. The smallest absolute Gasteiger partial charge is 0.0461 e. The topological polar surface area (TPSA) is 3.24 Å². The van der Waals surface area contributed by atoms with Gasteiger partial charge in [-0.15, -0.1) is 0 Å². The van der Waals surface area contributed by atoms with Crippen LogP contribution >= 0.6 is 0 Å². The molecule has 1 atom stereocenters. The first-order valence-corrected chi connectivity index (χ1v) is 19.8. The van der Waals surface area contributed by atoms with Crippen molar-refractivity contribution in [3.05, 3.63) is 149 Å². The number of anilines is 3. The van der Waals surface area contributed by atoms with E-state index < -0.39 is 0 Å². The largest absolute Gasteiger partial charge is 0.311 e. The number of para-hydroxylation sites is 2. The van der Waals surface area contributed by atoms with Crippen molar-refractivity contribution in [2.45, 2.75) is 122 Å². The van der Waals surface area contributed by atoms with Crippen molar-refractivity contribution in [2.75, 3.05) is 4.90 Å². The predicted molar refractivity (Wildman–Crippen MR) is 217 cm³/mol. The summed E-state index contributed by atoms with van der Waals surface area (Å²) in [5, 5.41) is 0. The van der Waals surface area contributed by atoms with Gasteiger partial charge in [0, 0.05) is 22.5 Å². The van der Waals surface area contributed by atoms with Gasteiger partial charge in [-0.1, -0.05) is 181 Å². The second-order valence-corrected chi connectivity index (χ2v) is 14.9. The fraction of sp³-hybridized carbons (Fsp3) is 0.388. The number of hydrogen-bond acceptors (Lipinski definition) is 1. The van der Waals surface area contributed by atoms with Crippen molar-refractivity contribution in [3.8, 4) is 11.1 Å². The summed E-state index contributed by atoms with van der Waals surface area (Å²) < 4.78 is 0. The third-order valence-corrected chi connectivity index (χ3v) is 11.3. The SMILES string of the molecule is CCCCCCCCC1(C(CCCCCCC)c2ccc(N(c3ccccc3)c3ccccc3)cc2)c2cc(C)ccc2-c2ccc(C)cc21. The van der Waals surface area contributed by atoms with Crippen molar-refractivity contribution >= 4 is 17.1 Å². The molecule has 0 N–H and O–H groups in total. The number of aryl methyl sites for hydroxylation is 2. The average molecular weight is 662 g/mol. The van der Waals surface area contributed by atoms with Crippen LogP contribution in [0, 0.1) is 13.8 Å². The van der Waals surface area contributed by atoms with E-state index in [-0.39, 0.29) is 5.41 Å². The molecule has 0 amide bonds. The van der Waals surface area contributed by atoms with Crippen LogP contribution in [-0.4, -0.2) is 0 Å². The van der Waals surface area contributed by atoms with Crippen molar-refractivity contribution in [1.82, 2.24) is 0 Å². The Labute approximate surface area is 303 Å². The Morgan fingerprint density at radius 2 is 0.940 bits per heavy atom. The maximum Gasteiger partial charge on any atom is 0.0461 e. The molecule has 1 unspecified atom stereocenters. The highest BCUT2D eigenvalue weighted by Gasteiger charge is 2.48. The van der Waals surface area contributed by atoms with Crippen molar-refractivity contribution in [3.63, 3.8) is 0 Å². The summed E-state index contributed by atoms with van der Waals surface area (Å²) in [5.41, 5.74) is 13.8. The second kappa shape index (κ2) is 17.2. The first kappa shape index (κ1) is 35.7. The Balaban J connectivity index is 1.46. The number of nitrogens with zero attached hydrogens (tertiary/aromatic N) is 1. The third kappa shape index (κ3) is 7.78. The van der Waals surface area contributed by atoms with Gasteiger partial charge in [0.1, 0.15) is 0 Å². The summed E-state index contributed by atoms with van der Waals surface area (Å²) in [7, 11) is 0. The molecular formula is C49H59N. The average Bonchev–Trinajstić information content (AvgIpc) is 3.41. The van der Waals surface area contributed by atoms with Gasteiger partial charge in [-0.2, -0.15) is 0 Å². The van der Waals surface area contributed by atoms with E-state index in [0.717, 1.165) is 0 Å². The summed E-state index contributed by atoms with van der Waals surface area (Å²) >= 11 is 0. The van der Waals surface area contributed by atoms with Crippen LogP contribution < -0.4 is 4.90 Å². The fourth-order valence-electron chi connectivity index (χ4n) is 8.78. The van der Waals surface area contributed by atoms with Gasteiger partial charge in [0.05, 0.1) is 0 Å². The lowest BCUT2D eigenvalue weighted by Gasteiger charge is -2.41. The molecular weight excluding hydrogens is 603 g/mol. The zero-order valence-corrected chi connectivity index (χ0v) is 31.3. The van der Waals surface area contributed by atoms with Crippen LogP contribution in [0.1, 0.15) is 131 Å². The van der Waals surface area contributed by atoms with Gasteiger partial charge < -0.3 is 4.90 Å². The van der Waals surface area contributed by atoms with Gasteiger partial charge in [0.2, 0.25) is 0 Å². The monoisotopic (exact) mass is 661 g/mol. The standard InChI is InChI=1S/C49H59N/c1-5-7-9-11-13-21-35-49(47-36-38(3)27-33-44(47)45-34-28-39(4)37-48(45)49)46(26-20-12-10-8-6-2)40-29-31-43(32-30-40)50(41-22-16-14-17-23-41)42-24-18-15-19-25-42/h14-19,22-25,27-34,36-37,46H,5-13,20-21,26,35H2,1-4H3. The minimum Gasteiger partial charge on any atom is -0.311 e. The molecule has 1 nitrogen and oxygen atoms in total. The molecule has 6 rings (SSSR count). The molecule has 0 fully saturated rings. The molecule has 0 bridgehead atoms. The molecule has 1 aliphatic carbocycles. The number of rotatable bonds is 18. The lowest BCUT2D eigenvalue weighted by molar-refractivity contribution is 0.345.